The van der Waals surface area contributed by atoms with Gasteiger partial charge in [0.1, 0.15) is 11.8 Å². The quantitative estimate of drug-likeness (QED) is 0.451. The zero-order valence-electron chi connectivity index (χ0n) is 19.9. The molecular weight excluding hydrogens is 480 g/mol. The van der Waals surface area contributed by atoms with Gasteiger partial charge < -0.3 is 15.0 Å². The molecule has 1 aliphatic carbocycles. The molecule has 0 aliphatic heterocycles. The maximum atomic E-state index is 13.4. The van der Waals surface area contributed by atoms with Gasteiger partial charge >= 0.3 is 0 Å². The van der Waals surface area contributed by atoms with Gasteiger partial charge in [-0.2, -0.15) is 0 Å². The molecule has 3 rings (SSSR count). The van der Waals surface area contributed by atoms with E-state index in [1.165, 1.54) is 5.56 Å². The molecule has 5 nitrogen and oxygen atoms in total. The van der Waals surface area contributed by atoms with Gasteiger partial charge in [-0.05, 0) is 71.8 Å². The molecule has 178 valence electrons. The first-order valence-corrected chi connectivity index (χ1v) is 12.8. The van der Waals surface area contributed by atoms with Gasteiger partial charge in [-0.25, -0.2) is 0 Å². The lowest BCUT2D eigenvalue weighted by Crippen LogP contribution is -2.52. The minimum atomic E-state index is -0.533. The van der Waals surface area contributed by atoms with E-state index in [2.05, 4.69) is 28.2 Å². The van der Waals surface area contributed by atoms with Crippen LogP contribution in [0.5, 0.6) is 5.75 Å². The molecule has 2 amide bonds. The van der Waals surface area contributed by atoms with Gasteiger partial charge in [-0.3, -0.25) is 9.59 Å². The Hall–Kier alpha value is -2.34. The number of halogens is 1. The molecule has 1 unspecified atom stereocenters. The number of carbonyl (C=O) groups is 2. The monoisotopic (exact) mass is 514 g/mol. The number of hydrogen-bond donors (Lipinski definition) is 1. The van der Waals surface area contributed by atoms with Gasteiger partial charge in [0.2, 0.25) is 5.91 Å². The van der Waals surface area contributed by atoms with Crippen LogP contribution in [0.2, 0.25) is 0 Å². The lowest BCUT2D eigenvalue weighted by molar-refractivity contribution is -0.143. The smallest absolute Gasteiger partial charge is 0.261 e. The molecule has 2 aromatic carbocycles. The summed E-state index contributed by atoms with van der Waals surface area (Å²) in [5.41, 5.74) is 3.34. The van der Waals surface area contributed by atoms with Crippen LogP contribution in [-0.4, -0.2) is 35.4 Å². The van der Waals surface area contributed by atoms with Crippen molar-refractivity contribution in [1.82, 2.24) is 10.2 Å². The second-order valence-electron chi connectivity index (χ2n) is 8.83. The summed E-state index contributed by atoms with van der Waals surface area (Å²) >= 11 is 3.54. The molecule has 1 saturated carbocycles. The molecule has 0 radical (unpaired) electrons. The zero-order chi connectivity index (χ0) is 23.8. The highest BCUT2D eigenvalue weighted by atomic mass is 79.9. The van der Waals surface area contributed by atoms with Crippen molar-refractivity contribution in [3.05, 3.63) is 63.6 Å². The molecule has 0 spiro atoms. The van der Waals surface area contributed by atoms with E-state index >= 15 is 0 Å². The van der Waals surface area contributed by atoms with Crippen LogP contribution in [0.15, 0.2) is 46.9 Å². The fraction of sp³-hybridized carbons (Fsp3) is 0.481. The molecule has 1 atom stereocenters. The Morgan fingerprint density at radius 1 is 1.09 bits per heavy atom. The predicted molar refractivity (Wildman–Crippen MR) is 135 cm³/mol. The van der Waals surface area contributed by atoms with E-state index in [4.69, 9.17) is 4.74 Å². The Morgan fingerprint density at radius 2 is 1.76 bits per heavy atom. The van der Waals surface area contributed by atoms with Crippen molar-refractivity contribution in [3.63, 3.8) is 0 Å². The van der Waals surface area contributed by atoms with E-state index in [-0.39, 0.29) is 24.5 Å². The second-order valence-corrected chi connectivity index (χ2v) is 9.68. The van der Waals surface area contributed by atoms with E-state index in [0.29, 0.717) is 18.7 Å². The summed E-state index contributed by atoms with van der Waals surface area (Å²) in [4.78, 5) is 28.2. The zero-order valence-corrected chi connectivity index (χ0v) is 21.5. The Balaban J connectivity index is 1.76. The van der Waals surface area contributed by atoms with Crippen molar-refractivity contribution >= 4 is 27.7 Å². The Labute approximate surface area is 206 Å². The van der Waals surface area contributed by atoms with Crippen molar-refractivity contribution in [2.24, 2.45) is 0 Å². The number of carbonyl (C=O) groups excluding carboxylic acids is 2. The Bertz CT molecular complexity index is 939. The molecule has 1 aliphatic rings. The van der Waals surface area contributed by atoms with E-state index in [1.54, 1.807) is 4.90 Å². The van der Waals surface area contributed by atoms with Crippen LogP contribution in [0.25, 0.3) is 0 Å². The van der Waals surface area contributed by atoms with Crippen LogP contribution in [0.4, 0.5) is 0 Å². The highest BCUT2D eigenvalue weighted by molar-refractivity contribution is 9.10. The van der Waals surface area contributed by atoms with E-state index in [1.807, 2.05) is 56.3 Å². The van der Waals surface area contributed by atoms with Gasteiger partial charge in [0.25, 0.3) is 5.91 Å². The number of hydrogen-bond acceptors (Lipinski definition) is 3. The molecule has 1 N–H and O–H groups in total. The minimum absolute atomic E-state index is 0.0710. The average Bonchev–Trinajstić information content (AvgIpc) is 3.32. The Kier molecular flexibility index (Phi) is 9.36. The molecule has 0 aromatic heterocycles. The van der Waals surface area contributed by atoms with Crippen LogP contribution < -0.4 is 10.1 Å². The summed E-state index contributed by atoms with van der Waals surface area (Å²) in [6.45, 7) is 6.33. The molecular formula is C27H35BrN2O3. The third-order valence-corrected chi connectivity index (χ3v) is 6.94. The van der Waals surface area contributed by atoms with E-state index in [9.17, 15) is 9.59 Å². The topological polar surface area (TPSA) is 58.6 Å². The highest BCUT2D eigenvalue weighted by Crippen LogP contribution is 2.26. The fourth-order valence-corrected chi connectivity index (χ4v) is 4.82. The number of amides is 2. The lowest BCUT2D eigenvalue weighted by Gasteiger charge is -2.31. The minimum Gasteiger partial charge on any atom is -0.483 e. The number of benzene rings is 2. The summed E-state index contributed by atoms with van der Waals surface area (Å²) < 4.78 is 6.70. The number of nitrogens with one attached hydrogen (secondary N) is 1. The first kappa shape index (κ1) is 25.3. The largest absolute Gasteiger partial charge is 0.483 e. The van der Waals surface area contributed by atoms with Crippen molar-refractivity contribution in [3.8, 4) is 5.75 Å². The molecule has 6 heteroatoms. The maximum absolute atomic E-state index is 13.4. The SMILES string of the molecule is CCc1ccc(OCC(=O)N(Cc2ccc(C)cc2)C(CC)C(=O)NC2CCCC2)c(Br)c1. The molecule has 1 fully saturated rings. The van der Waals surface area contributed by atoms with Gasteiger partial charge in [0.05, 0.1) is 4.47 Å². The normalized spacial score (nSPS) is 14.7. The molecule has 0 bridgehead atoms. The van der Waals surface area contributed by atoms with Gasteiger partial charge in [0, 0.05) is 12.6 Å². The van der Waals surface area contributed by atoms with Gasteiger partial charge in [-0.1, -0.05) is 62.6 Å². The predicted octanol–water partition coefficient (Wildman–Crippen LogP) is 5.56. The number of rotatable bonds is 10. The van der Waals surface area contributed by atoms with Crippen molar-refractivity contribution in [2.75, 3.05) is 6.61 Å². The Morgan fingerprint density at radius 3 is 2.36 bits per heavy atom. The number of aryl methyl sites for hydroxylation is 2. The van der Waals surface area contributed by atoms with Crippen LogP contribution in [0.1, 0.15) is 62.6 Å². The molecule has 0 saturated heterocycles. The van der Waals surface area contributed by atoms with Gasteiger partial charge in [0.15, 0.2) is 6.61 Å². The van der Waals surface area contributed by atoms with Crippen LogP contribution in [0.3, 0.4) is 0 Å². The number of ether oxygens (including phenoxy) is 1. The van der Waals surface area contributed by atoms with E-state index < -0.39 is 6.04 Å². The van der Waals surface area contributed by atoms with Crippen molar-refractivity contribution in [1.29, 1.82) is 0 Å². The molecule has 33 heavy (non-hydrogen) atoms. The summed E-state index contributed by atoms with van der Waals surface area (Å²) in [5.74, 6) is 0.355. The molecule has 0 heterocycles. The van der Waals surface area contributed by atoms with Crippen LogP contribution >= 0.6 is 15.9 Å². The third-order valence-electron chi connectivity index (χ3n) is 6.32. The first-order chi connectivity index (χ1) is 15.9. The number of nitrogens with zero attached hydrogens (tertiary/aromatic N) is 1. The van der Waals surface area contributed by atoms with Crippen LogP contribution in [0, 0.1) is 6.92 Å². The standard InChI is InChI=1S/C27H35BrN2O3/c1-4-20-14-15-25(23(28)16-20)33-18-26(31)30(17-21-12-10-19(3)11-13-21)24(5-2)27(32)29-22-8-6-7-9-22/h10-16,22,24H,4-9,17-18H2,1-3H3,(H,29,32). The second kappa shape index (κ2) is 12.2. The lowest BCUT2D eigenvalue weighted by atomic mass is 10.1. The van der Waals surface area contributed by atoms with Crippen molar-refractivity contribution in [2.45, 2.75) is 77.9 Å². The third kappa shape index (κ3) is 7.07. The van der Waals surface area contributed by atoms with Gasteiger partial charge in [-0.15, -0.1) is 0 Å². The highest BCUT2D eigenvalue weighted by Gasteiger charge is 2.31. The molecule has 2 aromatic rings. The summed E-state index contributed by atoms with van der Waals surface area (Å²) in [6, 6.07) is 13.6. The van der Waals surface area contributed by atoms with E-state index in [0.717, 1.165) is 47.7 Å². The summed E-state index contributed by atoms with van der Waals surface area (Å²) in [7, 11) is 0. The fourth-order valence-electron chi connectivity index (χ4n) is 4.28. The summed E-state index contributed by atoms with van der Waals surface area (Å²) in [6.07, 6.45) is 5.79. The van der Waals surface area contributed by atoms with Crippen LogP contribution in [-0.2, 0) is 22.6 Å². The maximum Gasteiger partial charge on any atom is 0.261 e. The average molecular weight is 515 g/mol. The first-order valence-electron chi connectivity index (χ1n) is 12.0. The summed E-state index contributed by atoms with van der Waals surface area (Å²) in [5, 5.41) is 3.17. The van der Waals surface area contributed by atoms with Crippen molar-refractivity contribution < 1.29 is 14.3 Å².